The molecule has 0 unspecified atom stereocenters. The zero-order valence-corrected chi connectivity index (χ0v) is 12.4. The SMILES string of the molecule is Cc1[nH]nc(C(F)(F)F)c1C(=O)N1CCc2ccc(C(=O)O)cc21. The van der Waals surface area contributed by atoms with E-state index in [0.717, 1.165) is 4.90 Å². The molecule has 2 N–H and O–H groups in total. The van der Waals surface area contributed by atoms with E-state index in [1.807, 2.05) is 0 Å². The molecule has 1 aliphatic rings. The van der Waals surface area contributed by atoms with E-state index >= 15 is 0 Å². The summed E-state index contributed by atoms with van der Waals surface area (Å²) in [6, 6.07) is 4.27. The third-order valence-corrected chi connectivity index (χ3v) is 3.90. The van der Waals surface area contributed by atoms with E-state index < -0.39 is 29.3 Å². The van der Waals surface area contributed by atoms with Crippen molar-refractivity contribution in [3.8, 4) is 0 Å². The van der Waals surface area contributed by atoms with Gasteiger partial charge in [-0.1, -0.05) is 6.07 Å². The minimum Gasteiger partial charge on any atom is -0.478 e. The molecule has 0 atom stereocenters. The van der Waals surface area contributed by atoms with Gasteiger partial charge in [0, 0.05) is 17.9 Å². The van der Waals surface area contributed by atoms with Crippen molar-refractivity contribution in [2.24, 2.45) is 0 Å². The van der Waals surface area contributed by atoms with Crippen molar-refractivity contribution in [2.75, 3.05) is 11.4 Å². The largest absolute Gasteiger partial charge is 0.478 e. The maximum Gasteiger partial charge on any atom is 0.435 e. The van der Waals surface area contributed by atoms with Gasteiger partial charge in [-0.25, -0.2) is 4.79 Å². The molecule has 9 heteroatoms. The number of aromatic amines is 1. The molecular formula is C15H12F3N3O3. The third-order valence-electron chi connectivity index (χ3n) is 3.90. The van der Waals surface area contributed by atoms with Crippen LogP contribution < -0.4 is 4.90 Å². The van der Waals surface area contributed by atoms with Crippen LogP contribution in [0.2, 0.25) is 0 Å². The Morgan fingerprint density at radius 2 is 2.04 bits per heavy atom. The topological polar surface area (TPSA) is 86.3 Å². The predicted molar refractivity (Wildman–Crippen MR) is 77.1 cm³/mol. The first-order valence-corrected chi connectivity index (χ1v) is 7.00. The van der Waals surface area contributed by atoms with Crippen molar-refractivity contribution in [2.45, 2.75) is 19.5 Å². The van der Waals surface area contributed by atoms with Crippen LogP contribution in [-0.2, 0) is 12.6 Å². The minimum absolute atomic E-state index is 0.00941. The highest BCUT2D eigenvalue weighted by Crippen LogP contribution is 2.35. The summed E-state index contributed by atoms with van der Waals surface area (Å²) in [7, 11) is 0. The second kappa shape index (κ2) is 5.36. The van der Waals surface area contributed by atoms with Gasteiger partial charge in [0.15, 0.2) is 5.69 Å². The number of nitrogens with one attached hydrogen (secondary N) is 1. The first-order valence-electron chi connectivity index (χ1n) is 7.00. The van der Waals surface area contributed by atoms with Crippen molar-refractivity contribution in [1.82, 2.24) is 10.2 Å². The molecule has 1 aromatic carbocycles. The van der Waals surface area contributed by atoms with E-state index in [1.54, 1.807) is 6.07 Å². The van der Waals surface area contributed by atoms with E-state index in [1.165, 1.54) is 19.1 Å². The fourth-order valence-corrected chi connectivity index (χ4v) is 2.75. The summed E-state index contributed by atoms with van der Waals surface area (Å²) in [5.74, 6) is -2.03. The molecule has 0 bridgehead atoms. The van der Waals surface area contributed by atoms with Gasteiger partial charge in [-0.2, -0.15) is 18.3 Å². The lowest BCUT2D eigenvalue weighted by Gasteiger charge is -2.18. The number of aryl methyl sites for hydroxylation is 1. The van der Waals surface area contributed by atoms with Crippen LogP contribution in [0.1, 0.15) is 37.7 Å². The minimum atomic E-state index is -4.76. The van der Waals surface area contributed by atoms with Crippen molar-refractivity contribution < 1.29 is 27.9 Å². The number of rotatable bonds is 2. The van der Waals surface area contributed by atoms with Crippen LogP contribution in [0.3, 0.4) is 0 Å². The van der Waals surface area contributed by atoms with Gasteiger partial charge in [0.2, 0.25) is 0 Å². The molecule has 0 saturated carbocycles. The number of fused-ring (bicyclic) bond motifs is 1. The number of benzene rings is 1. The molecule has 1 aromatic heterocycles. The van der Waals surface area contributed by atoms with E-state index in [0.29, 0.717) is 17.7 Å². The zero-order valence-electron chi connectivity index (χ0n) is 12.4. The molecule has 126 valence electrons. The van der Waals surface area contributed by atoms with Crippen molar-refractivity contribution in [1.29, 1.82) is 0 Å². The Hall–Kier alpha value is -2.84. The standard InChI is InChI=1S/C15H12F3N3O3/c1-7-11(12(20-19-7)15(16,17)18)13(22)21-5-4-8-2-3-9(14(23)24)6-10(8)21/h2-3,6H,4-5H2,1H3,(H,19,20)(H,23,24). The summed E-state index contributed by atoms with van der Waals surface area (Å²) in [4.78, 5) is 24.9. The van der Waals surface area contributed by atoms with E-state index in [2.05, 4.69) is 10.2 Å². The van der Waals surface area contributed by atoms with Gasteiger partial charge in [0.1, 0.15) is 0 Å². The van der Waals surface area contributed by atoms with Crippen LogP contribution in [0, 0.1) is 6.92 Å². The number of aromatic carboxylic acids is 1. The number of alkyl halides is 3. The fraction of sp³-hybridized carbons (Fsp3) is 0.267. The molecule has 3 rings (SSSR count). The zero-order chi connectivity index (χ0) is 17.6. The van der Waals surface area contributed by atoms with Crippen LogP contribution in [0.25, 0.3) is 0 Å². The summed E-state index contributed by atoms with van der Waals surface area (Å²) in [6.07, 6.45) is -4.32. The predicted octanol–water partition coefficient (Wildman–Crippen LogP) is 2.64. The number of carboxylic acids is 1. The molecule has 6 nitrogen and oxygen atoms in total. The van der Waals surface area contributed by atoms with Gasteiger partial charge in [0.05, 0.1) is 11.1 Å². The summed E-state index contributed by atoms with van der Waals surface area (Å²) in [6.45, 7) is 1.51. The average Bonchev–Trinajstić information content (AvgIpc) is 3.08. The van der Waals surface area contributed by atoms with Crippen LogP contribution in [0.5, 0.6) is 0 Å². The molecule has 1 aliphatic heterocycles. The second-order valence-electron chi connectivity index (χ2n) is 5.43. The first-order chi connectivity index (χ1) is 11.2. The molecular weight excluding hydrogens is 327 g/mol. The summed E-state index contributed by atoms with van der Waals surface area (Å²) in [5.41, 5.74) is -0.816. The van der Waals surface area contributed by atoms with Gasteiger partial charge in [-0.3, -0.25) is 9.89 Å². The molecule has 0 saturated heterocycles. The summed E-state index contributed by atoms with van der Waals surface area (Å²) >= 11 is 0. The van der Waals surface area contributed by atoms with Crippen molar-refractivity contribution in [3.63, 3.8) is 0 Å². The molecule has 2 aromatic rings. The van der Waals surface area contributed by atoms with Crippen LogP contribution in [-0.4, -0.2) is 33.7 Å². The fourth-order valence-electron chi connectivity index (χ4n) is 2.75. The Morgan fingerprint density at radius 3 is 2.67 bits per heavy atom. The van der Waals surface area contributed by atoms with Crippen molar-refractivity contribution >= 4 is 17.6 Å². The Bertz CT molecular complexity index is 842. The number of anilines is 1. The number of carbonyl (C=O) groups is 2. The van der Waals surface area contributed by atoms with Crippen LogP contribution in [0.4, 0.5) is 18.9 Å². The number of amides is 1. The highest BCUT2D eigenvalue weighted by atomic mass is 19.4. The number of aromatic nitrogens is 2. The lowest BCUT2D eigenvalue weighted by Crippen LogP contribution is -2.31. The van der Waals surface area contributed by atoms with Crippen LogP contribution in [0.15, 0.2) is 18.2 Å². The Morgan fingerprint density at radius 1 is 1.33 bits per heavy atom. The van der Waals surface area contributed by atoms with Crippen molar-refractivity contribution in [3.05, 3.63) is 46.3 Å². The van der Waals surface area contributed by atoms with Gasteiger partial charge in [-0.15, -0.1) is 0 Å². The molecule has 24 heavy (non-hydrogen) atoms. The lowest BCUT2D eigenvalue weighted by molar-refractivity contribution is -0.141. The van der Waals surface area contributed by atoms with E-state index in [9.17, 15) is 22.8 Å². The highest BCUT2D eigenvalue weighted by molar-refractivity contribution is 6.09. The maximum absolute atomic E-state index is 13.0. The number of hydrogen-bond acceptors (Lipinski definition) is 3. The summed E-state index contributed by atoms with van der Waals surface area (Å²) in [5, 5.41) is 14.4. The molecule has 0 radical (unpaired) electrons. The number of halogens is 3. The highest BCUT2D eigenvalue weighted by Gasteiger charge is 2.41. The lowest BCUT2D eigenvalue weighted by atomic mass is 10.1. The van der Waals surface area contributed by atoms with Gasteiger partial charge >= 0.3 is 12.1 Å². The molecule has 0 fully saturated rings. The number of carbonyl (C=O) groups excluding carboxylic acids is 1. The van der Waals surface area contributed by atoms with Gasteiger partial charge < -0.3 is 10.0 Å². The van der Waals surface area contributed by atoms with E-state index in [-0.39, 0.29) is 17.8 Å². The van der Waals surface area contributed by atoms with Crippen LogP contribution >= 0.6 is 0 Å². The maximum atomic E-state index is 13.0. The quantitative estimate of drug-likeness (QED) is 0.881. The van der Waals surface area contributed by atoms with Gasteiger partial charge in [0.25, 0.3) is 5.91 Å². The van der Waals surface area contributed by atoms with E-state index in [4.69, 9.17) is 5.11 Å². The van der Waals surface area contributed by atoms with Gasteiger partial charge in [-0.05, 0) is 31.0 Å². The Labute approximate surface area is 133 Å². The number of H-pyrrole nitrogens is 1. The second-order valence-corrected chi connectivity index (χ2v) is 5.43. The first kappa shape index (κ1) is 16.0. The number of carboxylic acid groups (broad SMARTS) is 1. The number of hydrogen-bond donors (Lipinski definition) is 2. The smallest absolute Gasteiger partial charge is 0.435 e. The average molecular weight is 339 g/mol. The number of nitrogens with zero attached hydrogens (tertiary/aromatic N) is 2. The molecule has 0 spiro atoms. The third kappa shape index (κ3) is 2.51. The Balaban J connectivity index is 2.05. The molecule has 1 amide bonds. The Kier molecular flexibility index (Phi) is 3.58. The summed E-state index contributed by atoms with van der Waals surface area (Å²) < 4.78 is 39.1. The normalized spacial score (nSPS) is 13.9. The molecule has 2 heterocycles. The molecule has 0 aliphatic carbocycles. The monoisotopic (exact) mass is 339 g/mol.